The van der Waals surface area contributed by atoms with E-state index in [2.05, 4.69) is 10.2 Å². The van der Waals surface area contributed by atoms with Gasteiger partial charge in [0.2, 0.25) is 5.91 Å². The second kappa shape index (κ2) is 5.77. The third-order valence-corrected chi connectivity index (χ3v) is 4.78. The number of likely N-dealkylation sites (N-methyl/N-ethyl adjacent to an activating group) is 1. The first-order valence-corrected chi connectivity index (χ1v) is 7.48. The largest absolute Gasteiger partial charge is 0.379 e. The Balaban J connectivity index is 1.71. The molecule has 5 nitrogen and oxygen atoms in total. The fourth-order valence-corrected chi connectivity index (χ4v) is 3.67. The van der Waals surface area contributed by atoms with Crippen LogP contribution in [-0.4, -0.2) is 62.4 Å². The van der Waals surface area contributed by atoms with Gasteiger partial charge in [-0.3, -0.25) is 4.79 Å². The summed E-state index contributed by atoms with van der Waals surface area (Å²) in [6.45, 7) is 2.63. The van der Waals surface area contributed by atoms with E-state index in [9.17, 15) is 4.79 Å². The van der Waals surface area contributed by atoms with Gasteiger partial charge in [0.25, 0.3) is 0 Å². The molecule has 2 saturated heterocycles. The van der Waals surface area contributed by atoms with Crippen molar-refractivity contribution in [3.05, 3.63) is 0 Å². The minimum absolute atomic E-state index is 0.0225. The third kappa shape index (κ3) is 2.51. The molecular weight excluding hydrogens is 244 g/mol. The van der Waals surface area contributed by atoms with Crippen LogP contribution in [0.4, 0.5) is 0 Å². The number of fused-ring (bicyclic) bond motifs is 1. The van der Waals surface area contributed by atoms with Crippen molar-refractivity contribution in [3.8, 4) is 0 Å². The molecule has 3 fully saturated rings. The Morgan fingerprint density at radius 3 is 2.95 bits per heavy atom. The molecule has 3 aliphatic rings. The van der Waals surface area contributed by atoms with Crippen molar-refractivity contribution in [3.63, 3.8) is 0 Å². The number of ether oxygens (including phenoxy) is 2. The number of nitrogens with one attached hydrogen (secondary N) is 1. The van der Waals surface area contributed by atoms with E-state index in [-0.39, 0.29) is 24.0 Å². The molecule has 4 unspecified atom stereocenters. The zero-order valence-corrected chi connectivity index (χ0v) is 11.6. The molecule has 1 amide bonds. The summed E-state index contributed by atoms with van der Waals surface area (Å²) in [4.78, 5) is 14.9. The average Bonchev–Trinajstić information content (AvgIpc) is 2.94. The molecule has 2 aliphatic heterocycles. The van der Waals surface area contributed by atoms with Crippen LogP contribution in [0.5, 0.6) is 0 Å². The van der Waals surface area contributed by atoms with Crippen molar-refractivity contribution in [1.29, 1.82) is 0 Å². The summed E-state index contributed by atoms with van der Waals surface area (Å²) in [6.07, 6.45) is 4.90. The summed E-state index contributed by atoms with van der Waals surface area (Å²) < 4.78 is 11.3. The molecule has 2 heterocycles. The number of nitrogens with zero attached hydrogens (tertiary/aromatic N) is 1. The number of rotatable bonds is 2. The number of morpholine rings is 1. The standard InChI is InChI=1S/C14H24N2O3/c1-15-11-9-18-8-10(11)14(17)16-6-7-19-13-5-3-2-4-12(13)16/h10-13,15H,2-9H2,1H3. The molecule has 1 aliphatic carbocycles. The first kappa shape index (κ1) is 13.3. The molecule has 1 saturated carbocycles. The predicted octanol–water partition coefficient (Wildman–Crippen LogP) is 0.391. The highest BCUT2D eigenvalue weighted by molar-refractivity contribution is 5.80. The van der Waals surface area contributed by atoms with Gasteiger partial charge in [0.15, 0.2) is 0 Å². The van der Waals surface area contributed by atoms with Crippen molar-refractivity contribution in [2.24, 2.45) is 5.92 Å². The zero-order valence-electron chi connectivity index (χ0n) is 11.6. The highest BCUT2D eigenvalue weighted by atomic mass is 16.5. The molecule has 4 atom stereocenters. The number of amides is 1. The molecule has 0 aromatic rings. The number of carbonyl (C=O) groups is 1. The summed E-state index contributed by atoms with van der Waals surface area (Å²) in [5, 5.41) is 3.20. The van der Waals surface area contributed by atoms with Crippen LogP contribution < -0.4 is 5.32 Å². The SMILES string of the molecule is CNC1COCC1C(=O)N1CCOC2CCCCC21. The maximum absolute atomic E-state index is 12.8. The van der Waals surface area contributed by atoms with Crippen molar-refractivity contribution in [2.45, 2.75) is 43.9 Å². The lowest BCUT2D eigenvalue weighted by atomic mass is 9.89. The van der Waals surface area contributed by atoms with Crippen LogP contribution in [0, 0.1) is 5.92 Å². The molecule has 0 aromatic heterocycles. The zero-order chi connectivity index (χ0) is 13.2. The summed E-state index contributed by atoms with van der Waals surface area (Å²) in [5.41, 5.74) is 0. The maximum atomic E-state index is 12.8. The smallest absolute Gasteiger partial charge is 0.230 e. The normalized spacial score (nSPS) is 39.1. The Bertz CT molecular complexity index is 335. The van der Waals surface area contributed by atoms with Crippen LogP contribution in [-0.2, 0) is 14.3 Å². The lowest BCUT2D eigenvalue weighted by Crippen LogP contribution is -2.57. The molecule has 1 N–H and O–H groups in total. The minimum atomic E-state index is -0.0225. The van der Waals surface area contributed by atoms with E-state index in [0.717, 1.165) is 19.4 Å². The van der Waals surface area contributed by atoms with E-state index in [0.29, 0.717) is 25.9 Å². The molecule has 3 rings (SSSR count). The topological polar surface area (TPSA) is 50.8 Å². The molecule has 0 aromatic carbocycles. The van der Waals surface area contributed by atoms with E-state index in [1.807, 2.05) is 7.05 Å². The Morgan fingerprint density at radius 1 is 1.26 bits per heavy atom. The number of hydrogen-bond donors (Lipinski definition) is 1. The van der Waals surface area contributed by atoms with Crippen LogP contribution >= 0.6 is 0 Å². The van der Waals surface area contributed by atoms with Crippen LogP contribution in [0.1, 0.15) is 25.7 Å². The average molecular weight is 268 g/mol. The fourth-order valence-electron chi connectivity index (χ4n) is 3.67. The molecule has 0 bridgehead atoms. The van der Waals surface area contributed by atoms with Gasteiger partial charge in [-0.05, 0) is 19.9 Å². The van der Waals surface area contributed by atoms with E-state index in [1.54, 1.807) is 0 Å². The quantitative estimate of drug-likeness (QED) is 0.787. The Labute approximate surface area is 114 Å². The summed E-state index contributed by atoms with van der Waals surface area (Å²) in [6, 6.07) is 0.463. The second-order valence-electron chi connectivity index (χ2n) is 5.83. The fraction of sp³-hybridized carbons (Fsp3) is 0.929. The molecular formula is C14H24N2O3. The van der Waals surface area contributed by atoms with Gasteiger partial charge in [-0.1, -0.05) is 12.8 Å². The molecule has 19 heavy (non-hydrogen) atoms. The first-order chi connectivity index (χ1) is 9.31. The van der Waals surface area contributed by atoms with Crippen molar-refractivity contribution < 1.29 is 14.3 Å². The van der Waals surface area contributed by atoms with Crippen molar-refractivity contribution in [1.82, 2.24) is 10.2 Å². The third-order valence-electron chi connectivity index (χ3n) is 4.78. The van der Waals surface area contributed by atoms with Gasteiger partial charge in [-0.15, -0.1) is 0 Å². The van der Waals surface area contributed by atoms with Crippen molar-refractivity contribution in [2.75, 3.05) is 33.4 Å². The summed E-state index contributed by atoms with van der Waals surface area (Å²) in [7, 11) is 1.91. The lowest BCUT2D eigenvalue weighted by molar-refractivity contribution is -0.154. The monoisotopic (exact) mass is 268 g/mol. The Kier molecular flexibility index (Phi) is 4.05. The molecule has 108 valence electrons. The van der Waals surface area contributed by atoms with Gasteiger partial charge in [-0.25, -0.2) is 0 Å². The van der Waals surface area contributed by atoms with Crippen LogP contribution in [0.2, 0.25) is 0 Å². The van der Waals surface area contributed by atoms with Crippen molar-refractivity contribution >= 4 is 5.91 Å². The molecule has 5 heteroatoms. The van der Waals surface area contributed by atoms with Gasteiger partial charge in [0, 0.05) is 12.6 Å². The highest BCUT2D eigenvalue weighted by Gasteiger charge is 2.42. The predicted molar refractivity (Wildman–Crippen MR) is 70.9 cm³/mol. The van der Waals surface area contributed by atoms with E-state index >= 15 is 0 Å². The summed E-state index contributed by atoms with van der Waals surface area (Å²) in [5.74, 6) is 0.239. The Hall–Kier alpha value is -0.650. The van der Waals surface area contributed by atoms with Gasteiger partial charge in [-0.2, -0.15) is 0 Å². The van der Waals surface area contributed by atoms with Crippen LogP contribution in [0.15, 0.2) is 0 Å². The highest BCUT2D eigenvalue weighted by Crippen LogP contribution is 2.30. The van der Waals surface area contributed by atoms with Crippen LogP contribution in [0.3, 0.4) is 0 Å². The van der Waals surface area contributed by atoms with Gasteiger partial charge in [0.05, 0.1) is 37.9 Å². The molecule has 0 spiro atoms. The first-order valence-electron chi connectivity index (χ1n) is 7.48. The molecule has 0 radical (unpaired) electrons. The van der Waals surface area contributed by atoms with Gasteiger partial charge < -0.3 is 19.7 Å². The summed E-state index contributed by atoms with van der Waals surface area (Å²) >= 11 is 0. The Morgan fingerprint density at radius 2 is 2.11 bits per heavy atom. The van der Waals surface area contributed by atoms with Gasteiger partial charge >= 0.3 is 0 Å². The number of carbonyl (C=O) groups excluding carboxylic acids is 1. The minimum Gasteiger partial charge on any atom is -0.379 e. The van der Waals surface area contributed by atoms with E-state index < -0.39 is 0 Å². The number of hydrogen-bond acceptors (Lipinski definition) is 4. The van der Waals surface area contributed by atoms with Gasteiger partial charge in [0.1, 0.15) is 0 Å². The lowest BCUT2D eigenvalue weighted by Gasteiger charge is -2.44. The van der Waals surface area contributed by atoms with E-state index in [1.165, 1.54) is 12.8 Å². The maximum Gasteiger partial charge on any atom is 0.230 e. The van der Waals surface area contributed by atoms with Crippen LogP contribution in [0.25, 0.3) is 0 Å². The van der Waals surface area contributed by atoms with E-state index in [4.69, 9.17) is 9.47 Å². The second-order valence-corrected chi connectivity index (χ2v) is 5.83.